The lowest BCUT2D eigenvalue weighted by molar-refractivity contribution is 0.155. The summed E-state index contributed by atoms with van der Waals surface area (Å²) in [4.78, 5) is 26.7. The van der Waals surface area contributed by atoms with E-state index in [0.717, 1.165) is 17.0 Å². The lowest BCUT2D eigenvalue weighted by Crippen LogP contribution is -2.41. The molecule has 1 aliphatic rings. The molecule has 0 radical (unpaired) electrons. The lowest BCUT2D eigenvalue weighted by Gasteiger charge is -2.32. The molecule has 11 nitrogen and oxygen atoms in total. The second-order valence-corrected chi connectivity index (χ2v) is 7.75. The highest BCUT2D eigenvalue weighted by Crippen LogP contribution is 2.33. The van der Waals surface area contributed by atoms with E-state index in [1.54, 1.807) is 23.4 Å². The molecule has 11 heteroatoms. The van der Waals surface area contributed by atoms with Crippen molar-refractivity contribution in [3.8, 4) is 11.4 Å². The van der Waals surface area contributed by atoms with Crippen molar-refractivity contribution >= 4 is 17.4 Å². The van der Waals surface area contributed by atoms with Gasteiger partial charge in [0.1, 0.15) is 6.04 Å². The SMILES string of the molecule is Cc1ccc(NC(=O)N2Cc3[nH]cnc3CC2c2nc(-c3cccc(N([O-])O)c3)no2)cc1. The summed E-state index contributed by atoms with van der Waals surface area (Å²) in [5.41, 5.74) is 3.96. The van der Waals surface area contributed by atoms with Gasteiger partial charge in [-0.25, -0.2) is 9.78 Å². The molecule has 2 aromatic heterocycles. The first-order valence-electron chi connectivity index (χ1n) is 10.2. The van der Waals surface area contributed by atoms with Crippen LogP contribution in [0.4, 0.5) is 16.2 Å². The zero-order valence-corrected chi connectivity index (χ0v) is 17.6. The molecule has 0 saturated heterocycles. The number of hydrogen-bond donors (Lipinski definition) is 3. The smallest absolute Gasteiger partial charge is 0.322 e. The summed E-state index contributed by atoms with van der Waals surface area (Å²) in [5, 5.41) is 27.1. The van der Waals surface area contributed by atoms with E-state index in [0.29, 0.717) is 24.2 Å². The van der Waals surface area contributed by atoms with Crippen molar-refractivity contribution in [3.05, 3.63) is 82.9 Å². The van der Waals surface area contributed by atoms with Crippen molar-refractivity contribution < 1.29 is 14.5 Å². The van der Waals surface area contributed by atoms with E-state index in [1.807, 2.05) is 31.2 Å². The minimum Gasteiger partial charge on any atom is -0.733 e. The predicted molar refractivity (Wildman–Crippen MR) is 118 cm³/mol. The van der Waals surface area contributed by atoms with Crippen molar-refractivity contribution in [2.75, 3.05) is 10.5 Å². The van der Waals surface area contributed by atoms with Gasteiger partial charge >= 0.3 is 6.03 Å². The zero-order chi connectivity index (χ0) is 22.9. The van der Waals surface area contributed by atoms with Crippen LogP contribution in [0.3, 0.4) is 0 Å². The summed E-state index contributed by atoms with van der Waals surface area (Å²) in [5.74, 6) is 0.478. The van der Waals surface area contributed by atoms with Gasteiger partial charge in [-0.1, -0.05) is 35.0 Å². The number of amides is 2. The molecule has 1 unspecified atom stereocenters. The number of nitrogens with one attached hydrogen (secondary N) is 2. The van der Waals surface area contributed by atoms with Crippen molar-refractivity contribution in [3.63, 3.8) is 0 Å². The number of rotatable bonds is 4. The van der Waals surface area contributed by atoms with Gasteiger partial charge in [0.2, 0.25) is 11.7 Å². The van der Waals surface area contributed by atoms with Crippen LogP contribution >= 0.6 is 0 Å². The number of imidazole rings is 1. The maximum absolute atomic E-state index is 13.2. The Morgan fingerprint density at radius 2 is 2.12 bits per heavy atom. The van der Waals surface area contributed by atoms with E-state index in [9.17, 15) is 10.0 Å². The largest absolute Gasteiger partial charge is 0.733 e. The quantitative estimate of drug-likeness (QED) is 0.401. The van der Waals surface area contributed by atoms with Crippen LogP contribution < -0.4 is 10.5 Å². The first kappa shape index (κ1) is 20.7. The van der Waals surface area contributed by atoms with Crippen LogP contribution in [-0.4, -0.2) is 36.2 Å². The minimum absolute atomic E-state index is 0.0387. The number of aromatic nitrogens is 4. The third kappa shape index (κ3) is 4.14. The Bertz CT molecular complexity index is 1280. The van der Waals surface area contributed by atoms with E-state index >= 15 is 0 Å². The Labute approximate surface area is 188 Å². The van der Waals surface area contributed by atoms with Gasteiger partial charge < -0.3 is 30.2 Å². The molecule has 1 aliphatic heterocycles. The summed E-state index contributed by atoms with van der Waals surface area (Å²) in [6, 6.07) is 12.9. The molecule has 4 aromatic rings. The fraction of sp³-hybridized carbons (Fsp3) is 0.182. The van der Waals surface area contributed by atoms with Crippen LogP contribution in [0, 0.1) is 12.1 Å². The highest BCUT2D eigenvalue weighted by atomic mass is 16.8. The summed E-state index contributed by atoms with van der Waals surface area (Å²) in [6.45, 7) is 2.27. The molecule has 33 heavy (non-hydrogen) atoms. The Balaban J connectivity index is 1.44. The number of carbonyl (C=O) groups excluding carboxylic acids is 1. The topological polar surface area (TPSA) is 146 Å². The molecule has 2 aromatic carbocycles. The summed E-state index contributed by atoms with van der Waals surface area (Å²) in [6.07, 6.45) is 1.99. The van der Waals surface area contributed by atoms with Gasteiger partial charge in [-0.05, 0) is 31.2 Å². The molecule has 168 valence electrons. The molecule has 0 bridgehead atoms. The van der Waals surface area contributed by atoms with Crippen molar-refractivity contribution in [2.45, 2.75) is 25.9 Å². The molecule has 3 N–H and O–H groups in total. The van der Waals surface area contributed by atoms with Gasteiger partial charge in [-0.2, -0.15) is 4.98 Å². The minimum atomic E-state index is -0.537. The monoisotopic (exact) mass is 446 g/mol. The average Bonchev–Trinajstić information content (AvgIpc) is 3.49. The molecule has 1 atom stereocenters. The van der Waals surface area contributed by atoms with E-state index in [4.69, 9.17) is 9.73 Å². The van der Waals surface area contributed by atoms with Crippen LogP contribution in [0.25, 0.3) is 11.4 Å². The van der Waals surface area contributed by atoms with Gasteiger partial charge in [0.15, 0.2) is 0 Å². The van der Waals surface area contributed by atoms with Crippen LogP contribution in [0.5, 0.6) is 0 Å². The molecule has 0 spiro atoms. The number of anilines is 2. The predicted octanol–water partition coefficient (Wildman–Crippen LogP) is 3.79. The maximum Gasteiger partial charge on any atom is 0.322 e. The molecule has 0 fully saturated rings. The number of aromatic amines is 1. The molecular formula is C22H20N7O4-. The lowest BCUT2D eigenvalue weighted by atomic mass is 10.0. The molecule has 3 heterocycles. The highest BCUT2D eigenvalue weighted by molar-refractivity contribution is 5.89. The number of aryl methyl sites for hydroxylation is 1. The Kier molecular flexibility index (Phi) is 5.24. The van der Waals surface area contributed by atoms with Crippen LogP contribution in [0.1, 0.15) is 28.9 Å². The first-order valence-corrected chi connectivity index (χ1v) is 10.2. The average molecular weight is 446 g/mol. The second kappa shape index (κ2) is 8.37. The standard InChI is InChI=1S/C22H20N7O4/c1-13-5-7-15(8-6-13)25-22(30)28-11-18-17(23-12-24-18)10-19(28)21-26-20(27-33-21)14-3-2-4-16(9-14)29(31)32/h2-9,12,19,31H,10-11H2,1H3,(H,23,24)(H,25,30)/q-1. The van der Waals surface area contributed by atoms with Crippen LogP contribution in [0.2, 0.25) is 0 Å². The van der Waals surface area contributed by atoms with E-state index < -0.39 is 6.04 Å². The zero-order valence-electron chi connectivity index (χ0n) is 17.6. The first-order chi connectivity index (χ1) is 16.0. The summed E-state index contributed by atoms with van der Waals surface area (Å²) < 4.78 is 5.52. The van der Waals surface area contributed by atoms with Crippen LogP contribution in [-0.2, 0) is 13.0 Å². The summed E-state index contributed by atoms with van der Waals surface area (Å²) >= 11 is 0. The van der Waals surface area contributed by atoms with E-state index in [-0.39, 0.29) is 28.7 Å². The number of H-pyrrole nitrogens is 1. The third-order valence-corrected chi connectivity index (χ3v) is 5.51. The molecule has 0 aliphatic carbocycles. The number of hydrogen-bond acceptors (Lipinski definition) is 8. The maximum atomic E-state index is 13.2. The number of urea groups is 1. The Morgan fingerprint density at radius 3 is 2.91 bits per heavy atom. The Morgan fingerprint density at radius 1 is 1.30 bits per heavy atom. The van der Waals surface area contributed by atoms with Gasteiger partial charge in [0.25, 0.3) is 0 Å². The second-order valence-electron chi connectivity index (χ2n) is 7.75. The molecular weight excluding hydrogens is 426 g/mol. The normalized spacial score (nSPS) is 15.2. The van der Waals surface area contributed by atoms with Crippen LogP contribution in [0.15, 0.2) is 59.4 Å². The molecule has 2 amide bonds. The number of nitrogens with zero attached hydrogens (tertiary/aromatic N) is 5. The van der Waals surface area contributed by atoms with Gasteiger partial charge in [-0.3, -0.25) is 5.21 Å². The van der Waals surface area contributed by atoms with E-state index in [1.165, 1.54) is 12.1 Å². The highest BCUT2D eigenvalue weighted by Gasteiger charge is 2.36. The van der Waals surface area contributed by atoms with E-state index in [2.05, 4.69) is 25.4 Å². The number of fused-ring (bicyclic) bond motifs is 1. The van der Waals surface area contributed by atoms with Gasteiger partial charge in [0.05, 0.1) is 29.9 Å². The molecule has 5 rings (SSSR count). The summed E-state index contributed by atoms with van der Waals surface area (Å²) in [7, 11) is 0. The number of benzene rings is 2. The van der Waals surface area contributed by atoms with Crippen molar-refractivity contribution in [1.82, 2.24) is 25.0 Å². The van der Waals surface area contributed by atoms with Crippen molar-refractivity contribution in [1.29, 1.82) is 0 Å². The Hall–Kier alpha value is -4.22. The van der Waals surface area contributed by atoms with Gasteiger partial charge in [-0.15, -0.1) is 0 Å². The fourth-order valence-corrected chi connectivity index (χ4v) is 3.75. The van der Waals surface area contributed by atoms with Gasteiger partial charge in [0, 0.05) is 17.7 Å². The number of carbonyl (C=O) groups is 1. The molecule has 0 saturated carbocycles. The fourth-order valence-electron chi connectivity index (χ4n) is 3.75. The third-order valence-electron chi connectivity index (χ3n) is 5.51. The van der Waals surface area contributed by atoms with Crippen molar-refractivity contribution in [2.24, 2.45) is 0 Å².